The summed E-state index contributed by atoms with van der Waals surface area (Å²) in [5, 5.41) is 8.45. The maximum Gasteiger partial charge on any atom is 0.151 e. The van der Waals surface area contributed by atoms with E-state index in [4.69, 9.17) is 11.6 Å². The second-order valence-electron chi connectivity index (χ2n) is 4.08. The van der Waals surface area contributed by atoms with Crippen LogP contribution in [0.2, 0.25) is 5.15 Å². The molecule has 2 rings (SSSR count). The van der Waals surface area contributed by atoms with Gasteiger partial charge in [-0.05, 0) is 30.9 Å². The van der Waals surface area contributed by atoms with E-state index in [9.17, 15) is 0 Å². The summed E-state index contributed by atoms with van der Waals surface area (Å²) >= 11 is 5.71. The molecule has 1 unspecified atom stereocenters. The lowest BCUT2D eigenvalue weighted by Crippen LogP contribution is -2.35. The van der Waals surface area contributed by atoms with E-state index in [1.807, 2.05) is 6.07 Å². The van der Waals surface area contributed by atoms with Gasteiger partial charge in [0.15, 0.2) is 11.0 Å². The molecule has 1 aromatic rings. The first-order valence-electron chi connectivity index (χ1n) is 5.53. The molecule has 0 aliphatic carbocycles. The zero-order chi connectivity index (χ0) is 10.7. The van der Waals surface area contributed by atoms with E-state index in [0.29, 0.717) is 5.15 Å². The highest BCUT2D eigenvalue weighted by Gasteiger charge is 2.19. The van der Waals surface area contributed by atoms with E-state index >= 15 is 0 Å². The summed E-state index contributed by atoms with van der Waals surface area (Å²) in [6.07, 6.45) is 3.84. The quantitative estimate of drug-likeness (QED) is 0.775. The Morgan fingerprint density at radius 2 is 2.33 bits per heavy atom. The summed E-state index contributed by atoms with van der Waals surface area (Å²) < 4.78 is 0. The predicted molar refractivity (Wildman–Crippen MR) is 62.3 cm³/mol. The van der Waals surface area contributed by atoms with Crippen LogP contribution in [0.5, 0.6) is 0 Å². The highest BCUT2D eigenvalue weighted by molar-refractivity contribution is 6.29. The fraction of sp³-hybridized carbons (Fsp3) is 0.636. The van der Waals surface area contributed by atoms with Gasteiger partial charge >= 0.3 is 0 Å². The average molecular weight is 226 g/mol. The Morgan fingerprint density at radius 1 is 1.47 bits per heavy atom. The van der Waals surface area contributed by atoms with Crippen molar-refractivity contribution in [3.8, 4) is 0 Å². The van der Waals surface area contributed by atoms with Gasteiger partial charge in [-0.1, -0.05) is 24.9 Å². The molecule has 82 valence electrons. The molecule has 4 heteroatoms. The number of piperidine rings is 1. The van der Waals surface area contributed by atoms with E-state index in [1.54, 1.807) is 6.07 Å². The third-order valence-electron chi connectivity index (χ3n) is 3.04. The number of rotatable bonds is 2. The van der Waals surface area contributed by atoms with Crippen molar-refractivity contribution in [2.75, 3.05) is 18.0 Å². The molecular weight excluding hydrogens is 210 g/mol. The van der Waals surface area contributed by atoms with Gasteiger partial charge in [-0.15, -0.1) is 10.2 Å². The van der Waals surface area contributed by atoms with Crippen molar-refractivity contribution in [3.63, 3.8) is 0 Å². The Morgan fingerprint density at radius 3 is 3.00 bits per heavy atom. The number of hydrogen-bond acceptors (Lipinski definition) is 3. The van der Waals surface area contributed by atoms with Gasteiger partial charge in [-0.2, -0.15) is 0 Å². The third-order valence-corrected chi connectivity index (χ3v) is 3.24. The van der Waals surface area contributed by atoms with E-state index in [1.165, 1.54) is 19.3 Å². The summed E-state index contributed by atoms with van der Waals surface area (Å²) in [6, 6.07) is 3.76. The van der Waals surface area contributed by atoms with Crippen LogP contribution in [0.15, 0.2) is 12.1 Å². The maximum absolute atomic E-state index is 5.71. The molecular formula is C11H16ClN3. The summed E-state index contributed by atoms with van der Waals surface area (Å²) in [6.45, 7) is 4.45. The lowest BCUT2D eigenvalue weighted by Gasteiger charge is -2.32. The molecule has 0 saturated carbocycles. The van der Waals surface area contributed by atoms with Gasteiger partial charge in [0.2, 0.25) is 0 Å². The number of halogens is 1. The molecule has 0 spiro atoms. The molecule has 0 bridgehead atoms. The summed E-state index contributed by atoms with van der Waals surface area (Å²) in [5.41, 5.74) is 0. The van der Waals surface area contributed by atoms with Crippen LogP contribution in [0, 0.1) is 5.92 Å². The van der Waals surface area contributed by atoms with Crippen LogP contribution in [-0.2, 0) is 0 Å². The minimum atomic E-state index is 0.461. The first-order valence-corrected chi connectivity index (χ1v) is 5.91. The minimum absolute atomic E-state index is 0.461. The molecule has 1 aliphatic heterocycles. The van der Waals surface area contributed by atoms with Gasteiger partial charge in [-0.3, -0.25) is 0 Å². The van der Waals surface area contributed by atoms with Crippen LogP contribution >= 0.6 is 11.6 Å². The molecule has 15 heavy (non-hydrogen) atoms. The standard InChI is InChI=1S/C11H16ClN3/c1-2-9-4-3-7-15(8-9)11-6-5-10(12)13-14-11/h5-6,9H,2-4,7-8H2,1H3. The Labute approximate surface area is 95.5 Å². The van der Waals surface area contributed by atoms with Crippen molar-refractivity contribution in [1.82, 2.24) is 10.2 Å². The normalized spacial score (nSPS) is 21.7. The van der Waals surface area contributed by atoms with Crippen LogP contribution in [-0.4, -0.2) is 23.3 Å². The Kier molecular flexibility index (Phi) is 3.41. The zero-order valence-electron chi connectivity index (χ0n) is 8.99. The van der Waals surface area contributed by atoms with Gasteiger partial charge in [0.1, 0.15) is 0 Å². The molecule has 1 saturated heterocycles. The first-order chi connectivity index (χ1) is 7.29. The highest BCUT2D eigenvalue weighted by Crippen LogP contribution is 2.23. The van der Waals surface area contributed by atoms with Crippen molar-refractivity contribution in [2.45, 2.75) is 26.2 Å². The maximum atomic E-state index is 5.71. The topological polar surface area (TPSA) is 29.0 Å². The van der Waals surface area contributed by atoms with Gasteiger partial charge in [0.25, 0.3) is 0 Å². The van der Waals surface area contributed by atoms with Crippen molar-refractivity contribution in [3.05, 3.63) is 17.3 Å². The number of nitrogens with zero attached hydrogens (tertiary/aromatic N) is 3. The predicted octanol–water partition coefficient (Wildman–Crippen LogP) is 2.76. The number of hydrogen-bond donors (Lipinski definition) is 0. The van der Waals surface area contributed by atoms with Crippen LogP contribution in [0.1, 0.15) is 26.2 Å². The molecule has 1 atom stereocenters. The van der Waals surface area contributed by atoms with Crippen LogP contribution < -0.4 is 4.90 Å². The average Bonchev–Trinajstić information content (AvgIpc) is 2.30. The van der Waals surface area contributed by atoms with Gasteiger partial charge in [-0.25, -0.2) is 0 Å². The molecule has 1 aromatic heterocycles. The summed E-state index contributed by atoms with van der Waals surface area (Å²) in [7, 11) is 0. The summed E-state index contributed by atoms with van der Waals surface area (Å²) in [5.74, 6) is 1.76. The van der Waals surface area contributed by atoms with Crippen molar-refractivity contribution in [2.24, 2.45) is 5.92 Å². The smallest absolute Gasteiger partial charge is 0.151 e. The third kappa shape index (κ3) is 2.59. The van der Waals surface area contributed by atoms with E-state index in [2.05, 4.69) is 22.0 Å². The Hall–Kier alpha value is -0.830. The van der Waals surface area contributed by atoms with Crippen molar-refractivity contribution >= 4 is 17.4 Å². The first kappa shape index (κ1) is 10.7. The van der Waals surface area contributed by atoms with Crippen molar-refractivity contribution < 1.29 is 0 Å². The zero-order valence-corrected chi connectivity index (χ0v) is 9.74. The fourth-order valence-corrected chi connectivity index (χ4v) is 2.18. The summed E-state index contributed by atoms with van der Waals surface area (Å²) in [4.78, 5) is 2.31. The van der Waals surface area contributed by atoms with Crippen LogP contribution in [0.4, 0.5) is 5.82 Å². The molecule has 0 radical (unpaired) electrons. The second-order valence-corrected chi connectivity index (χ2v) is 4.46. The largest absolute Gasteiger partial charge is 0.355 e. The molecule has 0 aromatic carbocycles. The highest BCUT2D eigenvalue weighted by atomic mass is 35.5. The lowest BCUT2D eigenvalue weighted by molar-refractivity contribution is 0.402. The molecule has 1 fully saturated rings. The monoisotopic (exact) mass is 225 g/mol. The van der Waals surface area contributed by atoms with Crippen LogP contribution in [0.25, 0.3) is 0 Å². The van der Waals surface area contributed by atoms with E-state index < -0.39 is 0 Å². The molecule has 0 N–H and O–H groups in total. The van der Waals surface area contributed by atoms with Gasteiger partial charge in [0.05, 0.1) is 0 Å². The minimum Gasteiger partial charge on any atom is -0.355 e. The fourth-order valence-electron chi connectivity index (χ4n) is 2.08. The van der Waals surface area contributed by atoms with Gasteiger partial charge in [0, 0.05) is 13.1 Å². The van der Waals surface area contributed by atoms with Crippen molar-refractivity contribution in [1.29, 1.82) is 0 Å². The second kappa shape index (κ2) is 4.79. The van der Waals surface area contributed by atoms with E-state index in [-0.39, 0.29) is 0 Å². The molecule has 1 aliphatic rings. The van der Waals surface area contributed by atoms with E-state index in [0.717, 1.165) is 24.8 Å². The number of aromatic nitrogens is 2. The van der Waals surface area contributed by atoms with Gasteiger partial charge < -0.3 is 4.90 Å². The Balaban J connectivity index is 2.06. The lowest BCUT2D eigenvalue weighted by atomic mass is 9.96. The molecule has 0 amide bonds. The SMILES string of the molecule is CCC1CCCN(c2ccc(Cl)nn2)C1. The Bertz CT molecular complexity index is 312. The van der Waals surface area contributed by atoms with Crippen LogP contribution in [0.3, 0.4) is 0 Å². The molecule has 2 heterocycles. The molecule has 3 nitrogen and oxygen atoms in total. The number of anilines is 1.